The first-order valence-electron chi connectivity index (χ1n) is 2.83. The van der Waals surface area contributed by atoms with E-state index in [-0.39, 0.29) is 5.82 Å². The quantitative estimate of drug-likeness (QED) is 0.567. The Morgan fingerprint density at radius 1 is 1.55 bits per heavy atom. The molecule has 4 heteroatoms. The van der Waals surface area contributed by atoms with Crippen molar-refractivity contribution in [3.63, 3.8) is 0 Å². The lowest BCUT2D eigenvalue weighted by atomic mass is 10.3. The zero-order valence-electron chi connectivity index (χ0n) is 5.70. The lowest BCUT2D eigenvalue weighted by Crippen LogP contribution is -1.88. The van der Waals surface area contributed by atoms with Crippen molar-refractivity contribution in [2.75, 3.05) is 7.11 Å². The van der Waals surface area contributed by atoms with Crippen LogP contribution in [0.1, 0.15) is 0 Å². The first-order chi connectivity index (χ1) is 5.15. The van der Waals surface area contributed by atoms with Gasteiger partial charge in [0.1, 0.15) is 5.75 Å². The summed E-state index contributed by atoms with van der Waals surface area (Å²) < 4.78 is 18.8. The van der Waals surface area contributed by atoms with E-state index in [9.17, 15) is 4.39 Å². The number of hydrogen-bond acceptors (Lipinski definition) is 1. The molecule has 0 N–H and O–H groups in total. The molecule has 0 fully saturated rings. The van der Waals surface area contributed by atoms with E-state index in [1.165, 1.54) is 0 Å². The van der Waals surface area contributed by atoms with Crippen LogP contribution in [-0.2, 0) is 0 Å². The normalized spacial score (nSPS) is 9.82. The molecular formula is C7H5BrFIO. The fourth-order valence-electron chi connectivity index (χ4n) is 0.650. The molecule has 0 amide bonds. The average Bonchev–Trinajstić information content (AvgIpc) is 1.99. The predicted octanol–water partition coefficient (Wildman–Crippen LogP) is 3.20. The van der Waals surface area contributed by atoms with Gasteiger partial charge in [0.25, 0.3) is 0 Å². The Bertz CT molecular complexity index is 254. The second kappa shape index (κ2) is 3.71. The van der Waals surface area contributed by atoms with E-state index in [2.05, 4.69) is 15.9 Å². The molecule has 11 heavy (non-hydrogen) atoms. The van der Waals surface area contributed by atoms with E-state index in [0.717, 1.165) is 0 Å². The Hall–Kier alpha value is 0.160. The van der Waals surface area contributed by atoms with Crippen LogP contribution in [-0.4, -0.2) is 7.11 Å². The van der Waals surface area contributed by atoms with E-state index in [1.807, 2.05) is 22.6 Å². The first-order valence-corrected chi connectivity index (χ1v) is 4.71. The Balaban J connectivity index is 3.21. The second-order valence-corrected chi connectivity index (χ2v) is 3.92. The van der Waals surface area contributed by atoms with Crippen LogP contribution in [0.25, 0.3) is 0 Å². The van der Waals surface area contributed by atoms with Gasteiger partial charge in [-0.05, 0) is 50.7 Å². The topological polar surface area (TPSA) is 9.23 Å². The van der Waals surface area contributed by atoms with Crippen molar-refractivity contribution in [2.45, 2.75) is 0 Å². The summed E-state index contributed by atoms with van der Waals surface area (Å²) in [4.78, 5) is 0. The number of methoxy groups -OCH3 is 1. The molecule has 0 radical (unpaired) electrons. The largest absolute Gasteiger partial charge is 0.497 e. The summed E-state index contributed by atoms with van der Waals surface area (Å²) in [5.41, 5.74) is 0. The lowest BCUT2D eigenvalue weighted by Gasteiger charge is -2.02. The average molecular weight is 331 g/mol. The molecule has 0 aliphatic rings. The van der Waals surface area contributed by atoms with Crippen molar-refractivity contribution in [3.05, 3.63) is 26.0 Å². The van der Waals surface area contributed by atoms with Crippen molar-refractivity contribution < 1.29 is 9.13 Å². The van der Waals surface area contributed by atoms with E-state index in [0.29, 0.717) is 13.8 Å². The molecule has 1 aromatic rings. The van der Waals surface area contributed by atoms with Crippen molar-refractivity contribution in [1.29, 1.82) is 0 Å². The minimum Gasteiger partial charge on any atom is -0.497 e. The molecule has 0 bridgehead atoms. The monoisotopic (exact) mass is 330 g/mol. The highest BCUT2D eigenvalue weighted by atomic mass is 127. The highest BCUT2D eigenvalue weighted by Crippen LogP contribution is 2.26. The highest BCUT2D eigenvalue weighted by molar-refractivity contribution is 14.1. The summed E-state index contributed by atoms with van der Waals surface area (Å²) in [6, 6.07) is 3.23. The van der Waals surface area contributed by atoms with Gasteiger partial charge in [0.05, 0.1) is 15.2 Å². The molecule has 0 unspecified atom stereocenters. The zero-order valence-corrected chi connectivity index (χ0v) is 9.44. The van der Waals surface area contributed by atoms with Crippen LogP contribution in [0.5, 0.6) is 5.75 Å². The summed E-state index contributed by atoms with van der Waals surface area (Å²) in [6.45, 7) is 0. The predicted molar refractivity (Wildman–Crippen MR) is 53.4 cm³/mol. The standard InChI is InChI=1S/C7H5BrFIO/c1-11-4-2-5(8)7(9)6(10)3-4/h2-3H,1H3. The summed E-state index contributed by atoms with van der Waals surface area (Å²) in [5.74, 6) is 0.411. The number of benzene rings is 1. The fraction of sp³-hybridized carbons (Fsp3) is 0.143. The third-order valence-corrected chi connectivity index (χ3v) is 2.56. The van der Waals surface area contributed by atoms with Gasteiger partial charge in [-0.1, -0.05) is 0 Å². The molecule has 0 heterocycles. The molecule has 0 atom stereocenters. The van der Waals surface area contributed by atoms with Crippen molar-refractivity contribution in [2.24, 2.45) is 0 Å². The molecule has 60 valence electrons. The van der Waals surface area contributed by atoms with Crippen LogP contribution < -0.4 is 4.74 Å². The van der Waals surface area contributed by atoms with Crippen molar-refractivity contribution in [3.8, 4) is 5.75 Å². The van der Waals surface area contributed by atoms with Gasteiger partial charge in [-0.2, -0.15) is 0 Å². The summed E-state index contributed by atoms with van der Waals surface area (Å²) in [5, 5.41) is 0. The van der Waals surface area contributed by atoms with E-state index < -0.39 is 0 Å². The number of hydrogen-bond donors (Lipinski definition) is 0. The fourth-order valence-corrected chi connectivity index (χ4v) is 2.06. The van der Waals surface area contributed by atoms with Gasteiger partial charge in [0.2, 0.25) is 0 Å². The Labute approximate surface area is 86.2 Å². The highest BCUT2D eigenvalue weighted by Gasteiger charge is 2.05. The number of rotatable bonds is 1. The van der Waals surface area contributed by atoms with Gasteiger partial charge in [0, 0.05) is 0 Å². The maximum Gasteiger partial charge on any atom is 0.150 e. The third kappa shape index (κ3) is 2.05. The Morgan fingerprint density at radius 2 is 2.18 bits per heavy atom. The molecule has 1 nitrogen and oxygen atoms in total. The smallest absolute Gasteiger partial charge is 0.150 e. The maximum absolute atomic E-state index is 12.9. The van der Waals surface area contributed by atoms with Crippen LogP contribution >= 0.6 is 38.5 Å². The van der Waals surface area contributed by atoms with Crippen LogP contribution in [0.4, 0.5) is 4.39 Å². The molecule has 0 saturated heterocycles. The summed E-state index contributed by atoms with van der Waals surface area (Å²) >= 11 is 4.99. The van der Waals surface area contributed by atoms with E-state index in [4.69, 9.17) is 4.74 Å². The third-order valence-electron chi connectivity index (χ3n) is 1.19. The molecule has 0 spiro atoms. The van der Waals surface area contributed by atoms with Crippen LogP contribution in [0, 0.1) is 9.39 Å². The molecule has 0 aliphatic heterocycles. The second-order valence-electron chi connectivity index (χ2n) is 1.91. The minimum absolute atomic E-state index is 0.244. The van der Waals surface area contributed by atoms with E-state index >= 15 is 0 Å². The number of halogens is 3. The minimum atomic E-state index is -0.244. The number of ether oxygens (including phenoxy) is 1. The molecule has 1 aromatic carbocycles. The van der Waals surface area contributed by atoms with Gasteiger partial charge in [-0.3, -0.25) is 0 Å². The Morgan fingerprint density at radius 3 is 2.64 bits per heavy atom. The summed E-state index contributed by atoms with van der Waals surface area (Å²) in [7, 11) is 1.55. The summed E-state index contributed by atoms with van der Waals surface area (Å²) in [6.07, 6.45) is 0. The van der Waals surface area contributed by atoms with Crippen LogP contribution in [0.15, 0.2) is 16.6 Å². The molecular weight excluding hydrogens is 326 g/mol. The first kappa shape index (κ1) is 9.25. The van der Waals surface area contributed by atoms with Gasteiger partial charge in [0.15, 0.2) is 5.82 Å². The van der Waals surface area contributed by atoms with Gasteiger partial charge >= 0.3 is 0 Å². The zero-order chi connectivity index (χ0) is 8.43. The molecule has 0 aliphatic carbocycles. The maximum atomic E-state index is 12.9. The van der Waals surface area contributed by atoms with Crippen molar-refractivity contribution >= 4 is 38.5 Å². The van der Waals surface area contributed by atoms with Gasteiger partial charge in [-0.15, -0.1) is 0 Å². The lowest BCUT2D eigenvalue weighted by molar-refractivity contribution is 0.412. The van der Waals surface area contributed by atoms with Gasteiger partial charge in [-0.25, -0.2) is 4.39 Å². The van der Waals surface area contributed by atoms with E-state index in [1.54, 1.807) is 19.2 Å². The van der Waals surface area contributed by atoms with Crippen LogP contribution in [0.3, 0.4) is 0 Å². The molecule has 1 rings (SSSR count). The molecule has 0 saturated carbocycles. The van der Waals surface area contributed by atoms with Gasteiger partial charge < -0.3 is 4.74 Å². The SMILES string of the molecule is COc1cc(Br)c(F)c(I)c1. The van der Waals surface area contributed by atoms with Crippen molar-refractivity contribution in [1.82, 2.24) is 0 Å². The van der Waals surface area contributed by atoms with Crippen LogP contribution in [0.2, 0.25) is 0 Å². The Kier molecular flexibility index (Phi) is 3.12. The molecule has 0 aromatic heterocycles.